The van der Waals surface area contributed by atoms with Crippen LogP contribution >= 0.6 is 38.6 Å². The van der Waals surface area contributed by atoms with E-state index in [4.69, 9.17) is 5.73 Å². The number of rotatable bonds is 2. The van der Waals surface area contributed by atoms with E-state index in [2.05, 4.69) is 106 Å². The fourth-order valence-electron chi connectivity index (χ4n) is 3.38. The lowest BCUT2D eigenvalue weighted by Gasteiger charge is -1.99. The van der Waals surface area contributed by atoms with Crippen LogP contribution in [0.25, 0.3) is 20.2 Å². The van der Waals surface area contributed by atoms with Crippen LogP contribution in [0.15, 0.2) is 124 Å². The lowest BCUT2D eigenvalue weighted by Crippen LogP contribution is -1.85. The molecular formula is C29H24BrNS2. The number of benzene rings is 4. The highest BCUT2D eigenvalue weighted by atomic mass is 79.9. The predicted octanol–water partition coefficient (Wildman–Crippen LogP) is 9.42. The van der Waals surface area contributed by atoms with Gasteiger partial charge < -0.3 is 5.73 Å². The molecule has 6 aromatic rings. The van der Waals surface area contributed by atoms with Crippen LogP contribution in [0.5, 0.6) is 0 Å². The van der Waals surface area contributed by atoms with Crippen LogP contribution in [0.3, 0.4) is 0 Å². The van der Waals surface area contributed by atoms with Crippen molar-refractivity contribution in [3.8, 4) is 0 Å². The minimum absolute atomic E-state index is 0.822. The van der Waals surface area contributed by atoms with Gasteiger partial charge in [-0.3, -0.25) is 0 Å². The Hall–Kier alpha value is -2.92. The minimum atomic E-state index is 0.822. The SMILES string of the molecule is Brc1csc2ccccc12.Nc1ccccc1.c1ccc(Cc2csc3ccccc23)cc1. The van der Waals surface area contributed by atoms with Crippen LogP contribution in [0.1, 0.15) is 11.1 Å². The van der Waals surface area contributed by atoms with Crippen molar-refractivity contribution >= 4 is 64.5 Å². The highest BCUT2D eigenvalue weighted by Crippen LogP contribution is 2.29. The van der Waals surface area contributed by atoms with Gasteiger partial charge in [-0.25, -0.2) is 0 Å². The molecule has 33 heavy (non-hydrogen) atoms. The Labute approximate surface area is 211 Å². The average molecular weight is 531 g/mol. The van der Waals surface area contributed by atoms with Gasteiger partial charge in [0.15, 0.2) is 0 Å². The molecule has 4 heteroatoms. The molecule has 1 nitrogen and oxygen atoms in total. The quantitative estimate of drug-likeness (QED) is 0.222. The summed E-state index contributed by atoms with van der Waals surface area (Å²) in [5.74, 6) is 0. The van der Waals surface area contributed by atoms with Gasteiger partial charge in [0.05, 0.1) is 0 Å². The van der Waals surface area contributed by atoms with Crippen LogP contribution in [0.2, 0.25) is 0 Å². The third kappa shape index (κ3) is 6.55. The number of anilines is 1. The fourth-order valence-corrected chi connectivity index (χ4v) is 5.92. The van der Waals surface area contributed by atoms with Crippen molar-refractivity contribution in [1.82, 2.24) is 0 Å². The second-order valence-corrected chi connectivity index (χ2v) is 10.1. The predicted molar refractivity (Wildman–Crippen MR) is 151 cm³/mol. The number of hydrogen-bond donors (Lipinski definition) is 1. The Morgan fingerprint density at radius 1 is 0.576 bits per heavy atom. The number of nitrogen functional groups attached to an aromatic ring is 1. The number of thiophene rings is 2. The summed E-state index contributed by atoms with van der Waals surface area (Å²) in [6.07, 6.45) is 1.03. The first-order valence-corrected chi connectivity index (χ1v) is 13.2. The summed E-state index contributed by atoms with van der Waals surface area (Å²) >= 11 is 7.08. The first-order chi connectivity index (χ1) is 16.2. The lowest BCUT2D eigenvalue weighted by molar-refractivity contribution is 1.23. The third-order valence-electron chi connectivity index (χ3n) is 5.03. The van der Waals surface area contributed by atoms with Gasteiger partial charge in [-0.05, 0) is 68.5 Å². The first kappa shape index (κ1) is 23.2. The molecule has 0 bridgehead atoms. The molecular weight excluding hydrogens is 506 g/mol. The van der Waals surface area contributed by atoms with Crippen molar-refractivity contribution in [3.63, 3.8) is 0 Å². The second kappa shape index (κ2) is 11.8. The summed E-state index contributed by atoms with van der Waals surface area (Å²) < 4.78 is 3.93. The summed E-state index contributed by atoms with van der Waals surface area (Å²) in [4.78, 5) is 0. The first-order valence-electron chi connectivity index (χ1n) is 10.6. The topological polar surface area (TPSA) is 26.0 Å². The zero-order valence-electron chi connectivity index (χ0n) is 18.0. The summed E-state index contributed by atoms with van der Waals surface area (Å²) in [5, 5.41) is 7.10. The van der Waals surface area contributed by atoms with E-state index in [0.717, 1.165) is 12.1 Å². The van der Waals surface area contributed by atoms with Crippen LogP contribution < -0.4 is 5.73 Å². The molecule has 0 fully saturated rings. The molecule has 0 atom stereocenters. The van der Waals surface area contributed by atoms with Crippen LogP contribution in [-0.4, -0.2) is 0 Å². The molecule has 0 unspecified atom stereocenters. The molecule has 2 heterocycles. The number of hydrogen-bond acceptors (Lipinski definition) is 3. The Balaban J connectivity index is 0.000000130. The van der Waals surface area contributed by atoms with E-state index in [9.17, 15) is 0 Å². The molecule has 6 rings (SSSR count). The van der Waals surface area contributed by atoms with E-state index in [-0.39, 0.29) is 0 Å². The molecule has 0 saturated carbocycles. The molecule has 0 aliphatic carbocycles. The maximum Gasteiger partial charge on any atom is 0.0361 e. The molecule has 0 radical (unpaired) electrons. The number of halogens is 1. The fraction of sp³-hybridized carbons (Fsp3) is 0.0345. The van der Waals surface area contributed by atoms with Gasteiger partial charge in [-0.2, -0.15) is 0 Å². The molecule has 0 spiro atoms. The van der Waals surface area contributed by atoms with Crippen molar-refractivity contribution in [3.05, 3.63) is 136 Å². The summed E-state index contributed by atoms with van der Waals surface area (Å²) in [6.45, 7) is 0. The zero-order valence-corrected chi connectivity index (χ0v) is 21.2. The maximum absolute atomic E-state index is 5.36. The van der Waals surface area contributed by atoms with Crippen LogP contribution in [-0.2, 0) is 6.42 Å². The zero-order chi connectivity index (χ0) is 22.9. The van der Waals surface area contributed by atoms with E-state index >= 15 is 0 Å². The molecule has 164 valence electrons. The van der Waals surface area contributed by atoms with Crippen LogP contribution in [0, 0.1) is 0 Å². The highest BCUT2D eigenvalue weighted by molar-refractivity contribution is 9.10. The Bertz CT molecular complexity index is 1410. The van der Waals surface area contributed by atoms with Gasteiger partial charge in [-0.15, -0.1) is 22.7 Å². The van der Waals surface area contributed by atoms with Gasteiger partial charge >= 0.3 is 0 Å². The van der Waals surface area contributed by atoms with Crippen molar-refractivity contribution in [2.24, 2.45) is 0 Å². The van der Waals surface area contributed by atoms with E-state index in [1.165, 1.54) is 35.8 Å². The Morgan fingerprint density at radius 3 is 1.70 bits per heavy atom. The number of para-hydroxylation sites is 1. The molecule has 0 saturated heterocycles. The van der Waals surface area contributed by atoms with E-state index < -0.39 is 0 Å². The van der Waals surface area contributed by atoms with Crippen molar-refractivity contribution in [2.75, 3.05) is 5.73 Å². The van der Waals surface area contributed by atoms with E-state index in [1.807, 2.05) is 41.7 Å². The number of nitrogens with two attached hydrogens (primary N) is 1. The lowest BCUT2D eigenvalue weighted by atomic mass is 10.0. The van der Waals surface area contributed by atoms with Gasteiger partial charge in [0.2, 0.25) is 0 Å². The van der Waals surface area contributed by atoms with Gasteiger partial charge in [0.25, 0.3) is 0 Å². The Morgan fingerprint density at radius 2 is 1.09 bits per heavy atom. The van der Waals surface area contributed by atoms with E-state index in [1.54, 1.807) is 11.3 Å². The van der Waals surface area contributed by atoms with E-state index in [0.29, 0.717) is 0 Å². The summed E-state index contributed by atoms with van der Waals surface area (Å²) in [6, 6.07) is 37.1. The summed E-state index contributed by atoms with van der Waals surface area (Å²) in [7, 11) is 0. The largest absolute Gasteiger partial charge is 0.399 e. The van der Waals surface area contributed by atoms with Crippen molar-refractivity contribution in [2.45, 2.75) is 6.42 Å². The molecule has 4 aromatic carbocycles. The van der Waals surface area contributed by atoms with Gasteiger partial charge in [-0.1, -0.05) is 84.9 Å². The number of fused-ring (bicyclic) bond motifs is 2. The molecule has 0 amide bonds. The molecule has 2 aromatic heterocycles. The summed E-state index contributed by atoms with van der Waals surface area (Å²) in [5.41, 5.74) is 9.00. The third-order valence-corrected chi connectivity index (χ3v) is 7.97. The Kier molecular flexibility index (Phi) is 8.31. The second-order valence-electron chi connectivity index (χ2n) is 7.41. The van der Waals surface area contributed by atoms with Gasteiger partial charge in [0, 0.05) is 30.3 Å². The normalized spacial score (nSPS) is 10.2. The monoisotopic (exact) mass is 529 g/mol. The van der Waals surface area contributed by atoms with Gasteiger partial charge in [0.1, 0.15) is 0 Å². The standard InChI is InChI=1S/C15H12S.C8H5BrS.C6H7N/c1-2-6-12(7-3-1)10-13-11-16-15-9-5-4-8-14(13)15;9-7-5-10-8-4-2-1-3-6(7)8;7-6-4-2-1-3-5-6/h1-9,11H,10H2;1-5H;1-5H,7H2. The molecule has 0 aliphatic heterocycles. The highest BCUT2D eigenvalue weighted by Gasteiger charge is 2.03. The molecule has 2 N–H and O–H groups in total. The minimum Gasteiger partial charge on any atom is -0.399 e. The molecule has 0 aliphatic rings. The van der Waals surface area contributed by atoms with Crippen molar-refractivity contribution in [1.29, 1.82) is 0 Å². The average Bonchev–Trinajstić information content (AvgIpc) is 3.45. The van der Waals surface area contributed by atoms with Crippen molar-refractivity contribution < 1.29 is 0 Å². The van der Waals surface area contributed by atoms with Crippen LogP contribution in [0.4, 0.5) is 5.69 Å². The maximum atomic E-state index is 5.36. The smallest absolute Gasteiger partial charge is 0.0361 e.